The first-order chi connectivity index (χ1) is 17.1. The molecule has 1 aromatic carbocycles. The minimum absolute atomic E-state index is 0.115. The zero-order valence-corrected chi connectivity index (χ0v) is 20.0. The molecule has 3 amide bonds. The summed E-state index contributed by atoms with van der Waals surface area (Å²) in [6.07, 6.45) is 1.49. The lowest BCUT2D eigenvalue weighted by Crippen LogP contribution is -2.58. The zero-order valence-electron chi connectivity index (χ0n) is 20.0. The molecule has 1 aliphatic heterocycles. The van der Waals surface area contributed by atoms with Crippen molar-refractivity contribution in [3.05, 3.63) is 35.9 Å². The summed E-state index contributed by atoms with van der Waals surface area (Å²) in [4.78, 5) is 55.2. The number of carbonyl (C=O) groups is 4. The van der Waals surface area contributed by atoms with E-state index >= 15 is 0 Å². The van der Waals surface area contributed by atoms with Crippen LogP contribution in [0.2, 0.25) is 0 Å². The van der Waals surface area contributed by atoms with Gasteiger partial charge in [-0.05, 0) is 37.7 Å². The van der Waals surface area contributed by atoms with Gasteiger partial charge in [-0.1, -0.05) is 30.3 Å². The number of benzene rings is 1. The number of aliphatic imine (C=N–C) groups is 1. The second kappa shape index (κ2) is 14.0. The van der Waals surface area contributed by atoms with E-state index < -0.39 is 54.5 Å². The molecule has 0 bridgehead atoms. The smallest absolute Gasteiger partial charge is 0.326 e. The van der Waals surface area contributed by atoms with E-state index in [4.69, 9.17) is 17.2 Å². The second-order valence-corrected chi connectivity index (χ2v) is 8.58. The van der Waals surface area contributed by atoms with Gasteiger partial charge < -0.3 is 42.9 Å². The summed E-state index contributed by atoms with van der Waals surface area (Å²) in [6, 6.07) is 4.65. The number of carbonyl (C=O) groups excluding carboxylic acids is 3. The topological polar surface area (TPSA) is 226 Å². The van der Waals surface area contributed by atoms with Gasteiger partial charge in [-0.3, -0.25) is 19.4 Å². The summed E-state index contributed by atoms with van der Waals surface area (Å²) < 4.78 is 0. The quantitative estimate of drug-likeness (QED) is 0.0863. The fraction of sp³-hybridized carbons (Fsp3) is 0.522. The maximum Gasteiger partial charge on any atom is 0.326 e. The molecule has 4 atom stereocenters. The molecule has 0 radical (unpaired) electrons. The highest BCUT2D eigenvalue weighted by atomic mass is 16.4. The molecule has 13 nitrogen and oxygen atoms in total. The van der Waals surface area contributed by atoms with E-state index in [0.717, 1.165) is 5.56 Å². The Kier molecular flexibility index (Phi) is 11.1. The largest absolute Gasteiger partial charge is 0.480 e. The molecule has 0 spiro atoms. The maximum absolute atomic E-state index is 13.2. The van der Waals surface area contributed by atoms with Gasteiger partial charge in [0.15, 0.2) is 5.96 Å². The SMILES string of the molecule is NC(N)=NCCCC(NC(=O)C(CO)NC(=O)C(N)Cc1ccccc1)C(=O)N1CCCC1C(=O)O. The number of hydrogen-bond acceptors (Lipinski definition) is 7. The zero-order chi connectivity index (χ0) is 26.7. The van der Waals surface area contributed by atoms with Crippen molar-refractivity contribution in [2.24, 2.45) is 22.2 Å². The van der Waals surface area contributed by atoms with Gasteiger partial charge in [-0.2, -0.15) is 0 Å². The highest BCUT2D eigenvalue weighted by Crippen LogP contribution is 2.19. The third-order valence-corrected chi connectivity index (χ3v) is 5.83. The standard InChI is InChI=1S/C23H35N7O6/c24-15(12-14-6-2-1-3-7-14)19(32)29-17(13-31)20(33)28-16(8-4-10-27-23(25)26)21(34)30-11-5-9-18(30)22(35)36/h1-3,6-7,15-18,31H,4-5,8-13,24H2,(H,28,33)(H,29,32)(H,35,36)(H4,25,26,27). The molecule has 1 aromatic rings. The Balaban J connectivity index is 2.06. The monoisotopic (exact) mass is 505 g/mol. The van der Waals surface area contributed by atoms with Crippen LogP contribution in [0.4, 0.5) is 0 Å². The molecule has 1 saturated heterocycles. The number of aliphatic hydroxyl groups is 1. The Hall–Kier alpha value is -3.71. The van der Waals surface area contributed by atoms with Crippen LogP contribution >= 0.6 is 0 Å². The molecule has 0 aromatic heterocycles. The molecule has 1 heterocycles. The van der Waals surface area contributed by atoms with Crippen LogP contribution in [0.1, 0.15) is 31.2 Å². The summed E-state index contributed by atoms with van der Waals surface area (Å²) >= 11 is 0. The van der Waals surface area contributed by atoms with Crippen molar-refractivity contribution in [1.29, 1.82) is 0 Å². The van der Waals surface area contributed by atoms with E-state index in [-0.39, 0.29) is 31.9 Å². The number of hydrogen-bond donors (Lipinski definition) is 7. The van der Waals surface area contributed by atoms with Gasteiger partial charge >= 0.3 is 5.97 Å². The van der Waals surface area contributed by atoms with Gasteiger partial charge in [-0.15, -0.1) is 0 Å². The summed E-state index contributed by atoms with van der Waals surface area (Å²) in [5, 5.41) is 24.1. The number of likely N-dealkylation sites (tertiary alicyclic amines) is 1. The Morgan fingerprint density at radius 2 is 1.75 bits per heavy atom. The van der Waals surface area contributed by atoms with E-state index in [0.29, 0.717) is 19.3 Å². The first kappa shape index (κ1) is 28.5. The number of aliphatic hydroxyl groups excluding tert-OH is 1. The van der Waals surface area contributed by atoms with E-state index in [1.807, 2.05) is 30.3 Å². The number of aliphatic carboxylic acids is 1. The number of nitrogens with two attached hydrogens (primary N) is 3. The van der Waals surface area contributed by atoms with Crippen LogP contribution in [0.25, 0.3) is 0 Å². The molecule has 1 aliphatic rings. The number of carboxylic acids is 1. The number of nitrogens with zero attached hydrogens (tertiary/aromatic N) is 2. The minimum Gasteiger partial charge on any atom is -0.480 e. The Bertz CT molecular complexity index is 938. The average molecular weight is 506 g/mol. The van der Waals surface area contributed by atoms with Crippen molar-refractivity contribution in [1.82, 2.24) is 15.5 Å². The molecule has 0 saturated carbocycles. The third-order valence-electron chi connectivity index (χ3n) is 5.83. The highest BCUT2D eigenvalue weighted by Gasteiger charge is 2.38. The van der Waals surface area contributed by atoms with Gasteiger partial charge in [0.05, 0.1) is 12.6 Å². The van der Waals surface area contributed by atoms with Crippen LogP contribution in [0.3, 0.4) is 0 Å². The summed E-state index contributed by atoms with van der Waals surface area (Å²) in [7, 11) is 0. The number of nitrogens with one attached hydrogen (secondary N) is 2. The van der Waals surface area contributed by atoms with Gasteiger partial charge in [0.1, 0.15) is 18.1 Å². The van der Waals surface area contributed by atoms with E-state index in [9.17, 15) is 29.4 Å². The van der Waals surface area contributed by atoms with Gasteiger partial charge in [0.25, 0.3) is 0 Å². The molecular formula is C23H35N7O6. The lowest BCUT2D eigenvalue weighted by molar-refractivity contribution is -0.149. The summed E-state index contributed by atoms with van der Waals surface area (Å²) in [5.74, 6) is -3.26. The van der Waals surface area contributed by atoms with Gasteiger partial charge in [0, 0.05) is 13.1 Å². The molecule has 198 valence electrons. The van der Waals surface area contributed by atoms with Crippen molar-refractivity contribution in [2.75, 3.05) is 19.7 Å². The second-order valence-electron chi connectivity index (χ2n) is 8.58. The van der Waals surface area contributed by atoms with Crippen molar-refractivity contribution in [2.45, 2.75) is 56.3 Å². The lowest BCUT2D eigenvalue weighted by Gasteiger charge is -2.28. The lowest BCUT2D eigenvalue weighted by atomic mass is 10.1. The highest BCUT2D eigenvalue weighted by molar-refractivity contribution is 5.94. The molecular weight excluding hydrogens is 470 g/mol. The summed E-state index contributed by atoms with van der Waals surface area (Å²) in [5.41, 5.74) is 17.4. The Morgan fingerprint density at radius 1 is 1.08 bits per heavy atom. The van der Waals surface area contributed by atoms with Crippen LogP contribution in [0.15, 0.2) is 35.3 Å². The fourth-order valence-corrected chi connectivity index (χ4v) is 3.95. The number of guanidine groups is 1. The minimum atomic E-state index is -1.36. The van der Waals surface area contributed by atoms with Crippen molar-refractivity contribution >= 4 is 29.7 Å². The molecule has 1 fully saturated rings. The normalized spacial score (nSPS) is 17.5. The van der Waals surface area contributed by atoms with Crippen molar-refractivity contribution < 1.29 is 29.4 Å². The first-order valence-electron chi connectivity index (χ1n) is 11.7. The van der Waals surface area contributed by atoms with E-state index in [1.54, 1.807) is 0 Å². The van der Waals surface area contributed by atoms with Crippen LogP contribution in [0, 0.1) is 0 Å². The van der Waals surface area contributed by atoms with Crippen LogP contribution in [-0.2, 0) is 25.6 Å². The molecule has 2 rings (SSSR count). The fourth-order valence-electron chi connectivity index (χ4n) is 3.95. The third kappa shape index (κ3) is 8.50. The Labute approximate surface area is 209 Å². The number of carboxylic acid groups (broad SMARTS) is 1. The predicted octanol–water partition coefficient (Wildman–Crippen LogP) is -2.35. The van der Waals surface area contributed by atoms with Crippen LogP contribution < -0.4 is 27.8 Å². The Morgan fingerprint density at radius 3 is 2.36 bits per heavy atom. The first-order valence-corrected chi connectivity index (χ1v) is 11.7. The van der Waals surface area contributed by atoms with Crippen molar-refractivity contribution in [3.63, 3.8) is 0 Å². The predicted molar refractivity (Wildman–Crippen MR) is 131 cm³/mol. The maximum atomic E-state index is 13.2. The molecule has 4 unspecified atom stereocenters. The number of amides is 3. The molecule has 0 aliphatic carbocycles. The average Bonchev–Trinajstić information content (AvgIpc) is 3.34. The van der Waals surface area contributed by atoms with Crippen LogP contribution in [-0.4, -0.2) is 88.6 Å². The molecule has 13 heteroatoms. The van der Waals surface area contributed by atoms with Gasteiger partial charge in [0.2, 0.25) is 17.7 Å². The number of rotatable bonds is 13. The molecule has 10 N–H and O–H groups in total. The van der Waals surface area contributed by atoms with Gasteiger partial charge in [-0.25, -0.2) is 4.79 Å². The van der Waals surface area contributed by atoms with E-state index in [1.165, 1.54) is 4.90 Å². The van der Waals surface area contributed by atoms with E-state index in [2.05, 4.69) is 15.6 Å². The summed E-state index contributed by atoms with van der Waals surface area (Å²) in [6.45, 7) is -0.296. The van der Waals surface area contributed by atoms with Crippen LogP contribution in [0.5, 0.6) is 0 Å². The van der Waals surface area contributed by atoms with Crippen molar-refractivity contribution in [3.8, 4) is 0 Å². The molecule has 36 heavy (non-hydrogen) atoms.